The molecule has 0 aliphatic rings. The van der Waals surface area contributed by atoms with Crippen LogP contribution in [0.2, 0.25) is 0 Å². The minimum Gasteiger partial charge on any atom is -0.496 e. The van der Waals surface area contributed by atoms with Crippen molar-refractivity contribution in [1.82, 2.24) is 4.57 Å². The van der Waals surface area contributed by atoms with Gasteiger partial charge in [0.25, 0.3) is 0 Å². The van der Waals surface area contributed by atoms with Crippen molar-refractivity contribution < 1.29 is 9.47 Å². The van der Waals surface area contributed by atoms with Gasteiger partial charge in [-0.15, -0.1) is 0 Å². The first-order chi connectivity index (χ1) is 12.8. The van der Waals surface area contributed by atoms with Crippen LogP contribution in [0.1, 0.15) is 36.5 Å². The maximum Gasteiger partial charge on any atom is 0.131 e. The zero-order valence-corrected chi connectivity index (χ0v) is 17.0. The van der Waals surface area contributed by atoms with Gasteiger partial charge in [0, 0.05) is 47.2 Å². The second kappa shape index (κ2) is 7.39. The maximum atomic E-state index is 5.59. The number of benzene rings is 2. The van der Waals surface area contributed by atoms with Gasteiger partial charge < -0.3 is 19.4 Å². The van der Waals surface area contributed by atoms with Gasteiger partial charge in [0.05, 0.1) is 14.2 Å². The highest BCUT2D eigenvalue weighted by Gasteiger charge is 2.16. The van der Waals surface area contributed by atoms with Gasteiger partial charge in [0.1, 0.15) is 11.5 Å². The number of ether oxygens (including phenoxy) is 2. The lowest BCUT2D eigenvalue weighted by Gasteiger charge is -2.19. The number of nitrogens with one attached hydrogen (secondary N) is 1. The maximum absolute atomic E-state index is 5.59. The van der Waals surface area contributed by atoms with Crippen LogP contribution in [0.4, 0.5) is 5.69 Å². The van der Waals surface area contributed by atoms with Crippen LogP contribution >= 0.6 is 0 Å². The largest absolute Gasteiger partial charge is 0.496 e. The number of aryl methyl sites for hydroxylation is 2. The van der Waals surface area contributed by atoms with E-state index in [1.807, 2.05) is 6.07 Å². The summed E-state index contributed by atoms with van der Waals surface area (Å²) in [5, 5.41) is 4.68. The van der Waals surface area contributed by atoms with Crippen LogP contribution in [0.25, 0.3) is 16.6 Å². The van der Waals surface area contributed by atoms with E-state index < -0.39 is 0 Å². The van der Waals surface area contributed by atoms with Crippen molar-refractivity contribution in [2.45, 2.75) is 26.7 Å². The standard InChI is InChI=1S/C23H28N2O2/c1-14(2)18-11-20(23(27-7)12-22(18)26-6)16(4)24-17-8-9-21-19(10-17)15(3)13-25(21)5/h8-14,24H,4H2,1-3,5-7H3. The number of aromatic nitrogens is 1. The number of hydrogen-bond donors (Lipinski definition) is 1. The van der Waals surface area contributed by atoms with Gasteiger partial charge >= 0.3 is 0 Å². The average Bonchev–Trinajstić information content (AvgIpc) is 2.93. The lowest BCUT2D eigenvalue weighted by molar-refractivity contribution is 0.389. The van der Waals surface area contributed by atoms with Crippen LogP contribution in [0.3, 0.4) is 0 Å². The summed E-state index contributed by atoms with van der Waals surface area (Å²) in [5.41, 5.74) is 6.34. The van der Waals surface area contributed by atoms with Crippen molar-refractivity contribution in [2.24, 2.45) is 7.05 Å². The molecule has 0 saturated carbocycles. The van der Waals surface area contributed by atoms with Crippen LogP contribution in [0.15, 0.2) is 43.1 Å². The van der Waals surface area contributed by atoms with E-state index >= 15 is 0 Å². The molecule has 4 nitrogen and oxygen atoms in total. The van der Waals surface area contributed by atoms with Crippen molar-refractivity contribution in [1.29, 1.82) is 0 Å². The second-order valence-electron chi connectivity index (χ2n) is 7.21. The summed E-state index contributed by atoms with van der Waals surface area (Å²) in [6.45, 7) is 10.7. The molecule has 3 rings (SSSR count). The van der Waals surface area contributed by atoms with E-state index in [1.54, 1.807) is 14.2 Å². The number of fused-ring (bicyclic) bond motifs is 1. The molecule has 1 heterocycles. The zero-order valence-electron chi connectivity index (χ0n) is 17.0. The first-order valence-electron chi connectivity index (χ1n) is 9.13. The Balaban J connectivity index is 1.98. The lowest BCUT2D eigenvalue weighted by Crippen LogP contribution is -2.03. The molecule has 0 saturated heterocycles. The molecule has 1 N–H and O–H groups in total. The molecule has 3 aromatic rings. The Morgan fingerprint density at radius 2 is 1.78 bits per heavy atom. The normalized spacial score (nSPS) is 11.1. The third-order valence-electron chi connectivity index (χ3n) is 4.98. The SMILES string of the molecule is C=C(Nc1ccc2c(c1)c(C)cn2C)c1cc(C(C)C)c(OC)cc1OC. The van der Waals surface area contributed by atoms with Crippen LogP contribution in [0.5, 0.6) is 11.5 Å². The van der Waals surface area contributed by atoms with Crippen molar-refractivity contribution in [3.8, 4) is 11.5 Å². The summed E-state index contributed by atoms with van der Waals surface area (Å²) in [6, 6.07) is 10.4. The molecule has 0 unspecified atom stereocenters. The van der Waals surface area contributed by atoms with Crippen molar-refractivity contribution in [2.75, 3.05) is 19.5 Å². The molecule has 0 amide bonds. The molecule has 1 aromatic heterocycles. The van der Waals surface area contributed by atoms with Gasteiger partial charge in [0.2, 0.25) is 0 Å². The minimum atomic E-state index is 0.334. The molecule has 4 heteroatoms. The number of hydrogen-bond acceptors (Lipinski definition) is 3. The van der Waals surface area contributed by atoms with Crippen LogP contribution in [-0.4, -0.2) is 18.8 Å². The van der Waals surface area contributed by atoms with Gasteiger partial charge in [-0.2, -0.15) is 0 Å². The minimum absolute atomic E-state index is 0.334. The zero-order chi connectivity index (χ0) is 19.7. The van der Waals surface area contributed by atoms with Crippen LogP contribution in [0, 0.1) is 6.92 Å². The first kappa shape index (κ1) is 18.9. The van der Waals surface area contributed by atoms with E-state index in [2.05, 4.69) is 74.7 Å². The van der Waals surface area contributed by atoms with Crippen LogP contribution < -0.4 is 14.8 Å². The third kappa shape index (κ3) is 3.52. The molecular weight excluding hydrogens is 336 g/mol. The second-order valence-corrected chi connectivity index (χ2v) is 7.21. The summed E-state index contributed by atoms with van der Waals surface area (Å²) in [7, 11) is 5.42. The predicted molar refractivity (Wildman–Crippen MR) is 114 cm³/mol. The van der Waals surface area contributed by atoms with E-state index in [4.69, 9.17) is 9.47 Å². The number of methoxy groups -OCH3 is 2. The summed E-state index contributed by atoms with van der Waals surface area (Å²) in [5.74, 6) is 1.91. The highest BCUT2D eigenvalue weighted by molar-refractivity contribution is 5.89. The highest BCUT2D eigenvalue weighted by atomic mass is 16.5. The summed E-state index contributed by atoms with van der Waals surface area (Å²) in [4.78, 5) is 0. The number of nitrogens with zero attached hydrogens (tertiary/aromatic N) is 1. The Bertz CT molecular complexity index is 999. The fourth-order valence-electron chi connectivity index (χ4n) is 3.52. The van der Waals surface area contributed by atoms with E-state index in [1.165, 1.54) is 16.5 Å². The van der Waals surface area contributed by atoms with Crippen molar-refractivity contribution in [3.05, 3.63) is 59.8 Å². The Hall–Kier alpha value is -2.88. The molecule has 0 fully saturated rings. The molecule has 142 valence electrons. The summed E-state index contributed by atoms with van der Waals surface area (Å²) < 4.78 is 13.3. The molecule has 0 atom stereocenters. The van der Waals surface area contributed by atoms with Crippen molar-refractivity contribution >= 4 is 22.3 Å². The molecule has 0 spiro atoms. The Morgan fingerprint density at radius 3 is 2.41 bits per heavy atom. The lowest BCUT2D eigenvalue weighted by atomic mass is 9.97. The molecule has 2 aromatic carbocycles. The molecule has 0 aliphatic carbocycles. The Labute approximate surface area is 161 Å². The van der Waals surface area contributed by atoms with Gasteiger partial charge in [-0.1, -0.05) is 20.4 Å². The fraction of sp³-hybridized carbons (Fsp3) is 0.304. The first-order valence-corrected chi connectivity index (χ1v) is 9.13. The van der Waals surface area contributed by atoms with Gasteiger partial charge in [-0.05, 0) is 48.2 Å². The Kier molecular flexibility index (Phi) is 5.17. The average molecular weight is 364 g/mol. The highest BCUT2D eigenvalue weighted by Crippen LogP contribution is 2.37. The topological polar surface area (TPSA) is 35.4 Å². The van der Waals surface area contributed by atoms with E-state index in [0.29, 0.717) is 5.92 Å². The Morgan fingerprint density at radius 1 is 1.07 bits per heavy atom. The quantitative estimate of drug-likeness (QED) is 0.608. The number of anilines is 1. The van der Waals surface area contributed by atoms with Crippen LogP contribution in [-0.2, 0) is 7.05 Å². The van der Waals surface area contributed by atoms with Gasteiger partial charge in [-0.25, -0.2) is 0 Å². The van der Waals surface area contributed by atoms with Gasteiger partial charge in [-0.3, -0.25) is 0 Å². The fourth-order valence-corrected chi connectivity index (χ4v) is 3.52. The monoisotopic (exact) mass is 364 g/mol. The molecule has 0 radical (unpaired) electrons. The summed E-state index contributed by atoms with van der Waals surface area (Å²) >= 11 is 0. The molecular formula is C23H28N2O2. The predicted octanol–water partition coefficient (Wildman–Crippen LogP) is 5.71. The van der Waals surface area contributed by atoms with E-state index in [9.17, 15) is 0 Å². The number of rotatable bonds is 6. The third-order valence-corrected chi connectivity index (χ3v) is 4.98. The van der Waals surface area contributed by atoms with Crippen molar-refractivity contribution in [3.63, 3.8) is 0 Å². The van der Waals surface area contributed by atoms with E-state index in [-0.39, 0.29) is 0 Å². The van der Waals surface area contributed by atoms with Gasteiger partial charge in [0.15, 0.2) is 0 Å². The van der Waals surface area contributed by atoms with E-state index in [0.717, 1.165) is 34.0 Å². The molecule has 27 heavy (non-hydrogen) atoms. The molecule has 0 aliphatic heterocycles. The summed E-state index contributed by atoms with van der Waals surface area (Å²) in [6.07, 6.45) is 2.14. The smallest absolute Gasteiger partial charge is 0.131 e. The molecule has 0 bridgehead atoms.